The van der Waals surface area contributed by atoms with E-state index in [0.717, 1.165) is 16.8 Å². The lowest BCUT2D eigenvalue weighted by Crippen LogP contribution is -2.10. The summed E-state index contributed by atoms with van der Waals surface area (Å²) < 4.78 is 10.4. The monoisotopic (exact) mass is 383 g/mol. The molecule has 0 bridgehead atoms. The third kappa shape index (κ3) is 5.05. The van der Waals surface area contributed by atoms with Crippen LogP contribution in [0.2, 0.25) is 0 Å². The predicted molar refractivity (Wildman–Crippen MR) is 105 cm³/mol. The van der Waals surface area contributed by atoms with E-state index in [4.69, 9.17) is 14.6 Å². The van der Waals surface area contributed by atoms with Gasteiger partial charge >= 0.3 is 5.97 Å². The van der Waals surface area contributed by atoms with Crippen molar-refractivity contribution < 1.29 is 19.4 Å². The zero-order valence-corrected chi connectivity index (χ0v) is 15.3. The van der Waals surface area contributed by atoms with Crippen molar-refractivity contribution in [3.8, 4) is 22.8 Å². The van der Waals surface area contributed by atoms with Crippen LogP contribution < -0.4 is 14.9 Å². The molecule has 0 aliphatic rings. The number of nitrogens with one attached hydrogen (secondary N) is 1. The van der Waals surface area contributed by atoms with E-state index in [1.54, 1.807) is 24.4 Å². The standard InChI is InChI=1S/C19H17N3O4S/c1-25-17-9-13(7-8-16(17)26-11-18(23)24)10-20-22-19-21-15(12-27-19)14-5-3-2-4-6-14/h2-10,12H,11H2,1H3,(H,21,22)(H,23,24)/b20-10-. The number of aromatic nitrogens is 1. The van der Waals surface area contributed by atoms with Crippen molar-refractivity contribution in [2.45, 2.75) is 0 Å². The van der Waals surface area contributed by atoms with E-state index in [-0.39, 0.29) is 0 Å². The minimum absolute atomic E-state index is 0.359. The van der Waals surface area contributed by atoms with Gasteiger partial charge in [-0.25, -0.2) is 9.78 Å². The maximum Gasteiger partial charge on any atom is 0.341 e. The van der Waals surface area contributed by atoms with Gasteiger partial charge in [0, 0.05) is 10.9 Å². The molecule has 27 heavy (non-hydrogen) atoms. The summed E-state index contributed by atoms with van der Waals surface area (Å²) in [5.41, 5.74) is 5.61. The topological polar surface area (TPSA) is 93.0 Å². The average molecular weight is 383 g/mol. The van der Waals surface area contributed by atoms with E-state index in [1.807, 2.05) is 35.7 Å². The quantitative estimate of drug-likeness (QED) is 0.455. The lowest BCUT2D eigenvalue weighted by Gasteiger charge is -2.09. The zero-order chi connectivity index (χ0) is 19.1. The molecule has 0 spiro atoms. The van der Waals surface area contributed by atoms with Crippen molar-refractivity contribution in [2.75, 3.05) is 19.1 Å². The number of thiazole rings is 1. The van der Waals surface area contributed by atoms with Crippen LogP contribution in [0.3, 0.4) is 0 Å². The molecule has 2 N–H and O–H groups in total. The number of rotatable bonds is 8. The molecule has 3 aromatic rings. The van der Waals surface area contributed by atoms with E-state index in [1.165, 1.54) is 18.4 Å². The Morgan fingerprint density at radius 3 is 2.81 bits per heavy atom. The van der Waals surface area contributed by atoms with Gasteiger partial charge in [0.1, 0.15) is 0 Å². The van der Waals surface area contributed by atoms with Crippen LogP contribution in [-0.2, 0) is 4.79 Å². The van der Waals surface area contributed by atoms with Gasteiger partial charge in [-0.3, -0.25) is 5.43 Å². The third-order valence-electron chi connectivity index (χ3n) is 3.49. The number of nitrogens with zero attached hydrogens (tertiary/aromatic N) is 2. The van der Waals surface area contributed by atoms with E-state index < -0.39 is 12.6 Å². The van der Waals surface area contributed by atoms with Crippen LogP contribution in [-0.4, -0.2) is 36.0 Å². The first-order chi connectivity index (χ1) is 13.2. The normalized spacial score (nSPS) is 10.7. The first-order valence-corrected chi connectivity index (χ1v) is 8.86. The molecular weight excluding hydrogens is 366 g/mol. The van der Waals surface area contributed by atoms with Crippen LogP contribution in [0.5, 0.6) is 11.5 Å². The molecule has 0 unspecified atom stereocenters. The Morgan fingerprint density at radius 2 is 2.07 bits per heavy atom. The van der Waals surface area contributed by atoms with Gasteiger partial charge in [0.05, 0.1) is 19.0 Å². The molecule has 3 rings (SSSR count). The van der Waals surface area contributed by atoms with Gasteiger partial charge in [0.25, 0.3) is 0 Å². The molecule has 1 aromatic heterocycles. The molecule has 0 aliphatic carbocycles. The number of benzene rings is 2. The minimum atomic E-state index is -1.05. The zero-order valence-electron chi connectivity index (χ0n) is 14.5. The summed E-state index contributed by atoms with van der Waals surface area (Å²) in [6.45, 7) is -0.431. The molecule has 8 heteroatoms. The Labute approximate surface area is 159 Å². The summed E-state index contributed by atoms with van der Waals surface area (Å²) in [6.07, 6.45) is 1.62. The summed E-state index contributed by atoms with van der Waals surface area (Å²) >= 11 is 1.46. The Morgan fingerprint density at radius 1 is 1.26 bits per heavy atom. The molecular formula is C19H17N3O4S. The van der Waals surface area contributed by atoms with Crippen molar-refractivity contribution in [3.63, 3.8) is 0 Å². The lowest BCUT2D eigenvalue weighted by molar-refractivity contribution is -0.139. The summed E-state index contributed by atoms with van der Waals surface area (Å²) in [5.74, 6) is -0.261. The number of anilines is 1. The molecule has 0 amide bonds. The first-order valence-electron chi connectivity index (χ1n) is 7.98. The third-order valence-corrected chi connectivity index (χ3v) is 4.23. The van der Waals surface area contributed by atoms with Crippen molar-refractivity contribution in [2.24, 2.45) is 5.10 Å². The Balaban J connectivity index is 1.64. The predicted octanol–water partition coefficient (Wildman–Crippen LogP) is 3.73. The summed E-state index contributed by atoms with van der Waals surface area (Å²) in [7, 11) is 1.49. The van der Waals surface area contributed by atoms with Crippen molar-refractivity contribution in [1.29, 1.82) is 0 Å². The van der Waals surface area contributed by atoms with Gasteiger partial charge in [0.2, 0.25) is 5.13 Å². The molecule has 0 saturated carbocycles. The molecule has 0 atom stereocenters. The van der Waals surface area contributed by atoms with E-state index in [0.29, 0.717) is 16.6 Å². The van der Waals surface area contributed by atoms with Crippen LogP contribution >= 0.6 is 11.3 Å². The molecule has 138 valence electrons. The lowest BCUT2D eigenvalue weighted by atomic mass is 10.2. The number of hydrogen-bond acceptors (Lipinski definition) is 7. The highest BCUT2D eigenvalue weighted by Gasteiger charge is 2.07. The maximum absolute atomic E-state index is 10.6. The molecule has 7 nitrogen and oxygen atoms in total. The first kappa shape index (κ1) is 18.4. The number of ether oxygens (including phenoxy) is 2. The molecule has 1 heterocycles. The number of hydrogen-bond donors (Lipinski definition) is 2. The van der Waals surface area contributed by atoms with Gasteiger partial charge in [-0.1, -0.05) is 30.3 Å². The van der Waals surface area contributed by atoms with Crippen LogP contribution in [0, 0.1) is 0 Å². The largest absolute Gasteiger partial charge is 0.493 e. The van der Waals surface area contributed by atoms with Gasteiger partial charge < -0.3 is 14.6 Å². The summed E-state index contributed by atoms with van der Waals surface area (Å²) in [6, 6.07) is 15.0. The number of carboxylic acids is 1. The molecule has 2 aromatic carbocycles. The highest BCUT2D eigenvalue weighted by Crippen LogP contribution is 2.28. The van der Waals surface area contributed by atoms with Crippen molar-refractivity contribution in [3.05, 3.63) is 59.5 Å². The molecule has 0 saturated heterocycles. The van der Waals surface area contributed by atoms with Crippen molar-refractivity contribution >= 4 is 28.7 Å². The number of hydrazone groups is 1. The minimum Gasteiger partial charge on any atom is -0.493 e. The van der Waals surface area contributed by atoms with Gasteiger partial charge in [-0.2, -0.15) is 5.10 Å². The van der Waals surface area contributed by atoms with Crippen LogP contribution in [0.15, 0.2) is 59.0 Å². The molecule has 0 fully saturated rings. The fourth-order valence-corrected chi connectivity index (χ4v) is 2.92. The Hall–Kier alpha value is -3.39. The van der Waals surface area contributed by atoms with Crippen LogP contribution in [0.25, 0.3) is 11.3 Å². The van der Waals surface area contributed by atoms with Gasteiger partial charge in [-0.05, 0) is 23.8 Å². The van der Waals surface area contributed by atoms with Gasteiger partial charge in [-0.15, -0.1) is 11.3 Å². The van der Waals surface area contributed by atoms with Gasteiger partial charge in [0.15, 0.2) is 18.1 Å². The number of carboxylic acid groups (broad SMARTS) is 1. The Bertz CT molecular complexity index is 941. The summed E-state index contributed by atoms with van der Waals surface area (Å²) in [5, 5.41) is 15.5. The highest BCUT2D eigenvalue weighted by atomic mass is 32.1. The molecule has 0 aliphatic heterocycles. The number of methoxy groups -OCH3 is 1. The smallest absolute Gasteiger partial charge is 0.341 e. The number of aliphatic carboxylic acids is 1. The van der Waals surface area contributed by atoms with E-state index >= 15 is 0 Å². The molecule has 0 radical (unpaired) electrons. The SMILES string of the molecule is COc1cc(/C=N\Nc2nc(-c3ccccc3)cs2)ccc1OCC(=O)O. The fraction of sp³-hybridized carbons (Fsp3) is 0.105. The van der Waals surface area contributed by atoms with E-state index in [2.05, 4.69) is 15.5 Å². The average Bonchev–Trinajstić information content (AvgIpc) is 3.16. The fourth-order valence-electron chi connectivity index (χ4n) is 2.25. The van der Waals surface area contributed by atoms with Crippen molar-refractivity contribution in [1.82, 2.24) is 4.98 Å². The highest BCUT2D eigenvalue weighted by molar-refractivity contribution is 7.14. The maximum atomic E-state index is 10.6. The number of carbonyl (C=O) groups is 1. The second kappa shape index (κ2) is 8.81. The Kier molecular flexibility index (Phi) is 6.01. The second-order valence-corrected chi connectivity index (χ2v) is 6.22. The van der Waals surface area contributed by atoms with Crippen LogP contribution in [0.4, 0.5) is 5.13 Å². The summed E-state index contributed by atoms with van der Waals surface area (Å²) in [4.78, 5) is 15.1. The second-order valence-electron chi connectivity index (χ2n) is 5.37. The van der Waals surface area contributed by atoms with Crippen LogP contribution in [0.1, 0.15) is 5.56 Å². The van der Waals surface area contributed by atoms with E-state index in [9.17, 15) is 4.79 Å².